The molecular weight excluding hydrogens is 124 g/mol. The number of rotatable bonds is 1. The Morgan fingerprint density at radius 2 is 2.10 bits per heavy atom. The molecule has 0 unspecified atom stereocenters. The van der Waals surface area contributed by atoms with Gasteiger partial charge < -0.3 is 0 Å². The number of ketones is 1. The Kier molecular flexibility index (Phi) is 1.75. The van der Waals surface area contributed by atoms with Crippen LogP contribution in [0, 0.1) is 0 Å². The average Bonchev–Trinajstić information content (AvgIpc) is 2.10. The standard InChI is InChI=1S/C9H12O/c1-6-4-7(2)9(5-6)8(3)10/h5H,4H2,1-3H3. The Balaban J connectivity index is 2.93. The van der Waals surface area contributed by atoms with Crippen molar-refractivity contribution in [2.45, 2.75) is 27.2 Å². The largest absolute Gasteiger partial charge is 0.295 e. The second kappa shape index (κ2) is 2.41. The molecule has 0 aromatic rings. The van der Waals surface area contributed by atoms with Gasteiger partial charge in [-0.2, -0.15) is 0 Å². The van der Waals surface area contributed by atoms with Crippen LogP contribution in [0.4, 0.5) is 0 Å². The van der Waals surface area contributed by atoms with Crippen LogP contribution in [0.1, 0.15) is 27.2 Å². The molecule has 0 heterocycles. The van der Waals surface area contributed by atoms with E-state index in [1.54, 1.807) is 6.92 Å². The lowest BCUT2D eigenvalue weighted by molar-refractivity contribution is -0.113. The van der Waals surface area contributed by atoms with E-state index in [9.17, 15) is 4.79 Å². The number of allylic oxidation sites excluding steroid dienone is 4. The van der Waals surface area contributed by atoms with Crippen molar-refractivity contribution in [3.05, 3.63) is 22.8 Å². The minimum atomic E-state index is 0.189. The zero-order valence-electron chi connectivity index (χ0n) is 6.69. The summed E-state index contributed by atoms with van der Waals surface area (Å²) in [6.07, 6.45) is 2.96. The summed E-state index contributed by atoms with van der Waals surface area (Å²) in [7, 11) is 0. The summed E-state index contributed by atoms with van der Waals surface area (Å²) in [4.78, 5) is 10.9. The van der Waals surface area contributed by atoms with Gasteiger partial charge in [-0.3, -0.25) is 4.79 Å². The lowest BCUT2D eigenvalue weighted by atomic mass is 10.1. The first kappa shape index (κ1) is 7.26. The van der Waals surface area contributed by atoms with Crippen LogP contribution < -0.4 is 0 Å². The van der Waals surface area contributed by atoms with Gasteiger partial charge >= 0.3 is 0 Å². The third-order valence-corrected chi connectivity index (χ3v) is 1.77. The predicted molar refractivity (Wildman–Crippen MR) is 41.8 cm³/mol. The molecule has 0 amide bonds. The van der Waals surface area contributed by atoms with Crippen LogP contribution in [0.25, 0.3) is 0 Å². The van der Waals surface area contributed by atoms with E-state index < -0.39 is 0 Å². The quantitative estimate of drug-likeness (QED) is 0.540. The third kappa shape index (κ3) is 1.18. The molecule has 0 fully saturated rings. The number of Topliss-reactive ketones (excluding diaryl/α,β-unsaturated/α-hetero) is 1. The van der Waals surface area contributed by atoms with Crippen molar-refractivity contribution in [2.24, 2.45) is 0 Å². The normalized spacial score (nSPS) is 17.7. The Hall–Kier alpha value is -0.850. The SMILES string of the molecule is CC(=O)C1=C(C)CC(C)=C1. The van der Waals surface area contributed by atoms with Gasteiger partial charge in [0.25, 0.3) is 0 Å². The molecule has 1 rings (SSSR count). The van der Waals surface area contributed by atoms with Crippen LogP contribution in [0.2, 0.25) is 0 Å². The number of carbonyl (C=O) groups excluding carboxylic acids is 1. The highest BCUT2D eigenvalue weighted by Gasteiger charge is 2.11. The third-order valence-electron chi connectivity index (χ3n) is 1.77. The van der Waals surface area contributed by atoms with Crippen LogP contribution in [0.5, 0.6) is 0 Å². The highest BCUT2D eigenvalue weighted by molar-refractivity contribution is 5.97. The molecule has 0 saturated carbocycles. The van der Waals surface area contributed by atoms with Crippen molar-refractivity contribution in [3.63, 3.8) is 0 Å². The Morgan fingerprint density at radius 3 is 2.30 bits per heavy atom. The molecule has 10 heavy (non-hydrogen) atoms. The van der Waals surface area contributed by atoms with Crippen molar-refractivity contribution < 1.29 is 4.79 Å². The van der Waals surface area contributed by atoms with E-state index in [2.05, 4.69) is 6.92 Å². The molecule has 0 radical (unpaired) electrons. The first-order valence-corrected chi connectivity index (χ1v) is 3.49. The van der Waals surface area contributed by atoms with Crippen molar-refractivity contribution in [1.82, 2.24) is 0 Å². The maximum atomic E-state index is 10.9. The maximum absolute atomic E-state index is 10.9. The van der Waals surface area contributed by atoms with E-state index >= 15 is 0 Å². The van der Waals surface area contributed by atoms with Gasteiger partial charge in [-0.15, -0.1) is 0 Å². The van der Waals surface area contributed by atoms with E-state index in [0.29, 0.717) is 0 Å². The van der Waals surface area contributed by atoms with Gasteiger partial charge in [-0.1, -0.05) is 17.2 Å². The predicted octanol–water partition coefficient (Wildman–Crippen LogP) is 2.24. The second-order valence-electron chi connectivity index (χ2n) is 2.92. The fraction of sp³-hybridized carbons (Fsp3) is 0.444. The first-order valence-electron chi connectivity index (χ1n) is 3.49. The van der Waals surface area contributed by atoms with E-state index in [0.717, 1.165) is 12.0 Å². The second-order valence-corrected chi connectivity index (χ2v) is 2.92. The molecule has 1 aliphatic rings. The minimum absolute atomic E-state index is 0.189. The van der Waals surface area contributed by atoms with E-state index in [-0.39, 0.29) is 5.78 Å². The van der Waals surface area contributed by atoms with Gasteiger partial charge in [0.1, 0.15) is 0 Å². The molecular formula is C9H12O. The van der Waals surface area contributed by atoms with Crippen LogP contribution in [-0.4, -0.2) is 5.78 Å². The van der Waals surface area contributed by atoms with Gasteiger partial charge in [-0.05, 0) is 27.2 Å². The van der Waals surface area contributed by atoms with Crippen LogP contribution in [0.15, 0.2) is 22.8 Å². The zero-order valence-corrected chi connectivity index (χ0v) is 6.69. The van der Waals surface area contributed by atoms with E-state index in [1.807, 2.05) is 13.0 Å². The van der Waals surface area contributed by atoms with Crippen molar-refractivity contribution in [1.29, 1.82) is 0 Å². The number of hydrogen-bond donors (Lipinski definition) is 0. The van der Waals surface area contributed by atoms with Crippen LogP contribution >= 0.6 is 0 Å². The molecule has 1 aliphatic carbocycles. The minimum Gasteiger partial charge on any atom is -0.295 e. The van der Waals surface area contributed by atoms with Crippen LogP contribution in [-0.2, 0) is 4.79 Å². The molecule has 0 N–H and O–H groups in total. The molecule has 0 spiro atoms. The Morgan fingerprint density at radius 1 is 1.50 bits per heavy atom. The Labute approximate surface area is 61.4 Å². The maximum Gasteiger partial charge on any atom is 0.159 e. The highest BCUT2D eigenvalue weighted by Crippen LogP contribution is 2.24. The summed E-state index contributed by atoms with van der Waals surface area (Å²) >= 11 is 0. The van der Waals surface area contributed by atoms with Crippen molar-refractivity contribution in [3.8, 4) is 0 Å². The lowest BCUT2D eigenvalue weighted by Crippen LogP contribution is -1.92. The van der Waals surface area contributed by atoms with Gasteiger partial charge in [0.2, 0.25) is 0 Å². The summed E-state index contributed by atoms with van der Waals surface area (Å²) in [5.74, 6) is 0.189. The van der Waals surface area contributed by atoms with Crippen LogP contribution in [0.3, 0.4) is 0 Å². The highest BCUT2D eigenvalue weighted by atomic mass is 16.1. The van der Waals surface area contributed by atoms with Gasteiger partial charge in [0.05, 0.1) is 0 Å². The lowest BCUT2D eigenvalue weighted by Gasteiger charge is -1.93. The van der Waals surface area contributed by atoms with Gasteiger partial charge in [0.15, 0.2) is 5.78 Å². The summed E-state index contributed by atoms with van der Waals surface area (Å²) in [5, 5.41) is 0. The number of hydrogen-bond acceptors (Lipinski definition) is 1. The van der Waals surface area contributed by atoms with E-state index in [1.165, 1.54) is 11.1 Å². The number of carbonyl (C=O) groups is 1. The topological polar surface area (TPSA) is 17.1 Å². The molecule has 54 valence electrons. The van der Waals surface area contributed by atoms with Gasteiger partial charge in [-0.25, -0.2) is 0 Å². The molecule has 0 saturated heterocycles. The molecule has 1 heteroatoms. The molecule has 0 aromatic carbocycles. The first-order chi connectivity index (χ1) is 4.61. The molecule has 1 nitrogen and oxygen atoms in total. The summed E-state index contributed by atoms with van der Waals surface area (Å²) < 4.78 is 0. The van der Waals surface area contributed by atoms with Crippen molar-refractivity contribution >= 4 is 5.78 Å². The summed E-state index contributed by atoms with van der Waals surface area (Å²) in [6.45, 7) is 5.69. The van der Waals surface area contributed by atoms with Gasteiger partial charge in [0, 0.05) is 5.57 Å². The monoisotopic (exact) mass is 136 g/mol. The van der Waals surface area contributed by atoms with E-state index in [4.69, 9.17) is 0 Å². The molecule has 0 aromatic heterocycles. The fourth-order valence-electron chi connectivity index (χ4n) is 1.34. The van der Waals surface area contributed by atoms with Crippen molar-refractivity contribution in [2.75, 3.05) is 0 Å². The summed E-state index contributed by atoms with van der Waals surface area (Å²) in [5.41, 5.74) is 3.42. The molecule has 0 atom stereocenters. The fourth-order valence-corrected chi connectivity index (χ4v) is 1.34. The smallest absolute Gasteiger partial charge is 0.159 e. The molecule has 0 aliphatic heterocycles. The Bertz CT molecular complexity index is 231. The average molecular weight is 136 g/mol. The zero-order chi connectivity index (χ0) is 7.72. The molecule has 0 bridgehead atoms. The summed E-state index contributed by atoms with van der Waals surface area (Å²) in [6, 6.07) is 0.